The Kier molecular flexibility index (Phi) is 65.8. The van der Waals surface area contributed by atoms with Crippen molar-refractivity contribution in [1.29, 1.82) is 0 Å². The summed E-state index contributed by atoms with van der Waals surface area (Å²) in [5, 5.41) is 0. The third-order valence-electron chi connectivity index (χ3n) is 8.99. The van der Waals surface area contributed by atoms with Crippen LogP contribution in [0.5, 0.6) is 0 Å². The van der Waals surface area contributed by atoms with Crippen molar-refractivity contribution < 1.29 is 41.7 Å². The van der Waals surface area contributed by atoms with Gasteiger partial charge in [-0.3, -0.25) is 0 Å². The molecule has 0 aliphatic heterocycles. The molecule has 4 aliphatic rings. The average Bonchev–Trinajstić information content (AvgIpc) is 3.76. The van der Waals surface area contributed by atoms with E-state index in [1.54, 1.807) is 0 Å². The number of unbranched alkanes of at least 4 members (excludes halogenated alkanes) is 2. The van der Waals surface area contributed by atoms with Crippen molar-refractivity contribution in [3.8, 4) is 0 Å². The van der Waals surface area contributed by atoms with Crippen molar-refractivity contribution in [2.75, 3.05) is 0 Å². The van der Waals surface area contributed by atoms with Gasteiger partial charge in [-0.15, -0.1) is 0 Å². The topological polar surface area (TPSA) is 0 Å². The minimum absolute atomic E-state index is 0. The Morgan fingerprint density at radius 1 is 0.405 bits per heavy atom. The van der Waals surface area contributed by atoms with Crippen LogP contribution in [0.3, 0.4) is 0 Å². The van der Waals surface area contributed by atoms with Crippen molar-refractivity contribution in [2.45, 2.75) is 182 Å². The van der Waals surface area contributed by atoms with E-state index in [0.717, 1.165) is 23.7 Å². The van der Waals surface area contributed by atoms with Gasteiger partial charge in [0.2, 0.25) is 0 Å². The quantitative estimate of drug-likeness (QED) is 0.214. The summed E-state index contributed by atoms with van der Waals surface area (Å²) in [5.41, 5.74) is 0. The molecule has 4 rings (SSSR count). The Morgan fingerprint density at radius 3 is 0.738 bits per heavy atom. The summed E-state index contributed by atoms with van der Waals surface area (Å²) in [5.74, 6) is 4.43. The molecule has 0 aromatic heterocycles. The van der Waals surface area contributed by atoms with Crippen LogP contribution >= 0.6 is 34.1 Å². The van der Waals surface area contributed by atoms with Crippen molar-refractivity contribution in [1.82, 2.24) is 0 Å². The second-order valence-electron chi connectivity index (χ2n) is 11.8. The Bertz CT molecular complexity index is 367. The summed E-state index contributed by atoms with van der Waals surface area (Å²) in [6.45, 7) is 9.18. The zero-order valence-electron chi connectivity index (χ0n) is 29.8. The van der Waals surface area contributed by atoms with E-state index in [1.807, 2.05) is 0 Å². The van der Waals surface area contributed by atoms with E-state index in [0.29, 0.717) is 0 Å². The molecular weight excluding hydrogens is 757 g/mol. The van der Waals surface area contributed by atoms with E-state index < -0.39 is 41.7 Å². The van der Waals surface area contributed by atoms with Crippen LogP contribution in [0.25, 0.3) is 0 Å². The molecule has 256 valence electrons. The van der Waals surface area contributed by atoms with Crippen molar-refractivity contribution in [3.05, 3.63) is 29.7 Å². The molecule has 4 saturated carbocycles. The van der Waals surface area contributed by atoms with Gasteiger partial charge < -0.3 is 29.7 Å². The molecule has 0 amide bonds. The molecule has 0 bridgehead atoms. The molecular formula is C36H76Cl4Zr2. The van der Waals surface area contributed by atoms with E-state index in [4.69, 9.17) is 34.1 Å². The van der Waals surface area contributed by atoms with E-state index in [-0.39, 0.29) is 29.7 Å². The molecule has 4 fully saturated rings. The van der Waals surface area contributed by atoms with Crippen LogP contribution in [0.2, 0.25) is 0 Å². The molecule has 0 radical (unpaired) electrons. The van der Waals surface area contributed by atoms with Gasteiger partial charge in [-0.1, -0.05) is 182 Å². The first kappa shape index (κ1) is 57.2. The predicted molar refractivity (Wildman–Crippen MR) is 197 cm³/mol. The molecule has 0 atom stereocenters. The third-order valence-corrected chi connectivity index (χ3v) is 8.99. The molecule has 0 saturated heterocycles. The van der Waals surface area contributed by atoms with Gasteiger partial charge in [0.05, 0.1) is 0 Å². The second kappa shape index (κ2) is 48.3. The first-order valence-electron chi connectivity index (χ1n) is 16.5. The fourth-order valence-electron chi connectivity index (χ4n) is 6.42. The molecule has 0 nitrogen and oxygen atoms in total. The van der Waals surface area contributed by atoms with E-state index in [9.17, 15) is 0 Å². The van der Waals surface area contributed by atoms with E-state index in [2.05, 4.69) is 27.7 Å². The first-order chi connectivity index (χ1) is 18.6. The molecule has 0 spiro atoms. The minimum atomic E-state index is -0.826. The fraction of sp³-hybridized carbons (Fsp3) is 0.889. The number of hydrogen-bond donors (Lipinski definition) is 0. The van der Waals surface area contributed by atoms with Crippen LogP contribution in [0, 0.1) is 53.4 Å². The van der Waals surface area contributed by atoms with Gasteiger partial charge in [0.15, 0.2) is 0 Å². The maximum absolute atomic E-state index is 4.93. The normalized spacial score (nSPS) is 17.3. The standard InChI is InChI=1S/2C9H18.2C7H14.4CH3.4ClH.2Zr/c2*1-2-3-6-9-7-4-5-8-9;2*1-2-7-5-3-4-6-7;;;;;;;;;;/h2*9H,2-8H2,1H3;2*7H,2-6H2,1H3;4*1H3;4*1H;;/q;;;;4*-1;;;;;2*+4/p-4. The van der Waals surface area contributed by atoms with E-state index >= 15 is 0 Å². The third kappa shape index (κ3) is 40.9. The molecule has 0 heterocycles. The maximum atomic E-state index is 4.93. The van der Waals surface area contributed by atoms with Crippen LogP contribution < -0.4 is 0 Å². The van der Waals surface area contributed by atoms with Gasteiger partial charge in [-0.2, -0.15) is 0 Å². The van der Waals surface area contributed by atoms with Crippen molar-refractivity contribution in [2.24, 2.45) is 23.7 Å². The predicted octanol–water partition coefficient (Wildman–Crippen LogP) is 16.5. The molecule has 0 N–H and O–H groups in total. The van der Waals surface area contributed by atoms with Gasteiger partial charge in [-0.05, 0) is 23.7 Å². The SMILES string of the molecule is CCC1CCCC1.CCC1CCCC1.CCCCC1CCCC1.CCCCC1CCCC1.[CH3-].[CH3-].[CH3-].[CH3-].[Cl][Zr+2][Cl].[Cl][Zr+2][Cl]. The molecule has 6 heteroatoms. The second-order valence-corrected chi connectivity index (χ2v) is 19.3. The Labute approximate surface area is 307 Å². The van der Waals surface area contributed by atoms with Crippen LogP contribution in [0.15, 0.2) is 0 Å². The summed E-state index contributed by atoms with van der Waals surface area (Å²) < 4.78 is 0. The number of rotatable bonds is 8. The number of halogens is 4. The monoisotopic (exact) mass is 828 g/mol. The summed E-state index contributed by atoms with van der Waals surface area (Å²) in [4.78, 5) is 0. The Hall–Kier alpha value is 2.93. The zero-order valence-corrected chi connectivity index (χ0v) is 37.7. The van der Waals surface area contributed by atoms with Gasteiger partial charge in [0, 0.05) is 0 Å². The number of hydrogen-bond acceptors (Lipinski definition) is 0. The summed E-state index contributed by atoms with van der Waals surface area (Å²) in [6.07, 6.45) is 35.7. The summed E-state index contributed by atoms with van der Waals surface area (Å²) in [7, 11) is 19.7. The summed E-state index contributed by atoms with van der Waals surface area (Å²) in [6, 6.07) is 0. The zero-order chi connectivity index (χ0) is 28.7. The fourth-order valence-corrected chi connectivity index (χ4v) is 6.42. The van der Waals surface area contributed by atoms with Crippen LogP contribution in [0.4, 0.5) is 0 Å². The Balaban J connectivity index is -0.0000000943. The van der Waals surface area contributed by atoms with Gasteiger partial charge in [-0.25, -0.2) is 0 Å². The Morgan fingerprint density at radius 2 is 0.595 bits per heavy atom. The molecule has 42 heavy (non-hydrogen) atoms. The van der Waals surface area contributed by atoms with Gasteiger partial charge in [0.25, 0.3) is 0 Å². The molecule has 0 unspecified atom stereocenters. The average molecular weight is 833 g/mol. The summed E-state index contributed by atoms with van der Waals surface area (Å²) >= 11 is -1.65. The van der Waals surface area contributed by atoms with Crippen molar-refractivity contribution in [3.63, 3.8) is 0 Å². The van der Waals surface area contributed by atoms with Crippen LogP contribution in [0.1, 0.15) is 182 Å². The van der Waals surface area contributed by atoms with Crippen molar-refractivity contribution >= 4 is 34.1 Å². The van der Waals surface area contributed by atoms with Crippen LogP contribution in [-0.4, -0.2) is 0 Å². The molecule has 0 aromatic rings. The molecule has 0 aromatic carbocycles. The van der Waals surface area contributed by atoms with Crippen LogP contribution in [-0.2, 0) is 41.7 Å². The van der Waals surface area contributed by atoms with Gasteiger partial charge >= 0.3 is 75.7 Å². The van der Waals surface area contributed by atoms with E-state index in [1.165, 1.54) is 154 Å². The van der Waals surface area contributed by atoms with Gasteiger partial charge in [0.1, 0.15) is 0 Å². The molecule has 4 aliphatic carbocycles. The first-order valence-corrected chi connectivity index (χ1v) is 29.1.